The summed E-state index contributed by atoms with van der Waals surface area (Å²) in [6, 6.07) is 1.67. The summed E-state index contributed by atoms with van der Waals surface area (Å²) < 4.78 is 56.8. The number of anilines is 2. The fraction of sp³-hybridized carbons (Fsp3) is 0.500. The average molecular weight is 706 g/mol. The van der Waals surface area contributed by atoms with E-state index in [1.807, 2.05) is 0 Å². The van der Waals surface area contributed by atoms with Gasteiger partial charge in [0.2, 0.25) is 13.2 Å². The Hall–Kier alpha value is -2.55. The predicted octanol–water partition coefficient (Wildman–Crippen LogP) is 0.801. The summed E-state index contributed by atoms with van der Waals surface area (Å²) in [6.45, 7) is -4.72. The lowest BCUT2D eigenvalue weighted by Crippen LogP contribution is -2.33. The molecule has 7 N–H and O–H groups in total. The highest BCUT2D eigenvalue weighted by molar-refractivity contribution is 8.44. The smallest absolute Gasteiger partial charge is 0.386 e. The number of thiol groups is 2. The van der Waals surface area contributed by atoms with E-state index in [4.69, 9.17) is 34.5 Å². The number of aromatic nitrogens is 7. The number of aliphatic hydroxyl groups excluding tert-OH is 2. The molecule has 2 saturated heterocycles. The normalized spacial score (nSPS) is 29.0. The number of H-pyrrole nitrogens is 1. The molecule has 0 bridgehead atoms. The van der Waals surface area contributed by atoms with Gasteiger partial charge in [0.15, 0.2) is 23.6 Å². The second-order valence-corrected chi connectivity index (χ2v) is 14.9. The Bertz CT molecular complexity index is 1840. The number of rotatable bonds is 11. The zero-order valence-electron chi connectivity index (χ0n) is 23.0. The summed E-state index contributed by atoms with van der Waals surface area (Å²) >= 11 is 7.98. The van der Waals surface area contributed by atoms with E-state index in [2.05, 4.69) is 49.4 Å². The molecule has 0 aromatic carbocycles. The first kappa shape index (κ1) is 32.4. The van der Waals surface area contributed by atoms with E-state index in [1.54, 1.807) is 16.8 Å². The van der Waals surface area contributed by atoms with Crippen molar-refractivity contribution in [2.75, 3.05) is 24.7 Å². The number of fused-ring (bicyclic) bond motifs is 2. The summed E-state index contributed by atoms with van der Waals surface area (Å²) in [5.41, 5.74) is 11.5. The van der Waals surface area contributed by atoms with Crippen LogP contribution in [0.4, 0.5) is 11.8 Å². The van der Waals surface area contributed by atoms with E-state index in [0.717, 1.165) is 0 Å². The summed E-state index contributed by atoms with van der Waals surface area (Å²) in [4.78, 5) is 30.9. The van der Waals surface area contributed by atoms with Crippen LogP contribution in [0.5, 0.6) is 0 Å². The van der Waals surface area contributed by atoms with Crippen molar-refractivity contribution in [1.82, 2.24) is 34.1 Å². The molecule has 3 unspecified atom stereocenters. The molecule has 0 aliphatic carbocycles. The van der Waals surface area contributed by atoms with Gasteiger partial charge in [-0.1, -0.05) is 24.5 Å². The standard InChI is InChI=1S/C22H29N9O10P2S2/c23-16-10-1-3-30(17(10)26-7-25-16)21-14(33)15(40-42(35)44)11(39-21)2-4-37-43(36,45)41-12-5-9(6-32)38-20(12)31-8-27-13-18(31)28-22(24)29-19(13)34/h1,3,7-9,11-12,14-15,20-21,32-33,42H,2,4-6H2,(H,35,44)(H,36,45)(H2,23,25,26)(H3,24,28,29,34)/t9?,11-,12-,14-,15-,20-,21-,43?/m1/s1. The Balaban J connectivity index is 1.15. The third-order valence-corrected chi connectivity index (χ3v) is 9.82. The van der Waals surface area contributed by atoms with Crippen LogP contribution in [0.2, 0.25) is 0 Å². The fourth-order valence-corrected chi connectivity index (χ4v) is 7.85. The third kappa shape index (κ3) is 6.52. The topological polar surface area (TPSA) is 267 Å². The van der Waals surface area contributed by atoms with Gasteiger partial charge in [-0.05, 0) is 6.07 Å². The summed E-state index contributed by atoms with van der Waals surface area (Å²) in [5, 5.41) is 21.4. The first-order valence-electron chi connectivity index (χ1n) is 13.4. The van der Waals surface area contributed by atoms with E-state index in [9.17, 15) is 24.1 Å². The molecular weight excluding hydrogens is 676 g/mol. The molecule has 9 atom stereocenters. The van der Waals surface area contributed by atoms with Gasteiger partial charge in [0.05, 0.1) is 37.1 Å². The molecule has 2 fully saturated rings. The van der Waals surface area contributed by atoms with Gasteiger partial charge < -0.3 is 44.8 Å². The molecule has 19 nitrogen and oxygen atoms in total. The Labute approximate surface area is 264 Å². The van der Waals surface area contributed by atoms with Gasteiger partial charge in [0.25, 0.3) is 5.56 Å². The summed E-state index contributed by atoms with van der Waals surface area (Å²) in [6.07, 6.45) is -2.69. The number of hydrogen-bond acceptors (Lipinski definition) is 16. The minimum absolute atomic E-state index is 0.00732. The first-order chi connectivity index (χ1) is 21.5. The van der Waals surface area contributed by atoms with Gasteiger partial charge >= 0.3 is 6.80 Å². The van der Waals surface area contributed by atoms with Crippen LogP contribution in [0.15, 0.2) is 29.7 Å². The van der Waals surface area contributed by atoms with E-state index < -0.39 is 62.6 Å². The minimum atomic E-state index is -4.10. The number of ether oxygens (including phenoxy) is 2. The fourth-order valence-electron chi connectivity index (χ4n) is 5.43. The highest BCUT2D eigenvalue weighted by Gasteiger charge is 2.47. The molecule has 0 saturated carbocycles. The van der Waals surface area contributed by atoms with Crippen molar-refractivity contribution in [3.8, 4) is 0 Å². The van der Waals surface area contributed by atoms with E-state index in [0.29, 0.717) is 11.0 Å². The zero-order valence-corrected chi connectivity index (χ0v) is 26.7. The number of nitrogens with two attached hydrogens (primary N) is 2. The number of aromatic amines is 1. The van der Waals surface area contributed by atoms with Crippen LogP contribution in [0.25, 0.3) is 22.2 Å². The lowest BCUT2D eigenvalue weighted by atomic mass is 10.1. The molecule has 6 heterocycles. The van der Waals surface area contributed by atoms with Crippen LogP contribution in [-0.4, -0.2) is 88.0 Å². The van der Waals surface area contributed by atoms with Crippen molar-refractivity contribution >= 4 is 72.5 Å². The summed E-state index contributed by atoms with van der Waals surface area (Å²) in [7, 11) is -2.81. The molecule has 4 aromatic heterocycles. The molecule has 0 radical (unpaired) electrons. The molecule has 2 aliphatic heterocycles. The van der Waals surface area contributed by atoms with Gasteiger partial charge in [-0.3, -0.25) is 23.4 Å². The molecule has 45 heavy (non-hydrogen) atoms. The number of nitrogens with one attached hydrogen (secondary N) is 1. The quantitative estimate of drug-likeness (QED) is 0.0840. The van der Waals surface area contributed by atoms with Gasteiger partial charge in [0, 0.05) is 19.0 Å². The maximum absolute atomic E-state index is 13.4. The zero-order chi connectivity index (χ0) is 32.0. The molecule has 244 valence electrons. The summed E-state index contributed by atoms with van der Waals surface area (Å²) in [5.74, 6) is 0.0883. The van der Waals surface area contributed by atoms with Crippen LogP contribution in [-0.2, 0) is 32.2 Å². The minimum Gasteiger partial charge on any atom is -0.394 e. The number of nitrogen functional groups attached to an aromatic ring is 2. The Morgan fingerprint density at radius 3 is 2.76 bits per heavy atom. The lowest BCUT2D eigenvalue weighted by Gasteiger charge is -2.24. The van der Waals surface area contributed by atoms with Crippen molar-refractivity contribution < 1.29 is 42.4 Å². The highest BCUT2D eigenvalue weighted by Crippen LogP contribution is 2.57. The largest absolute Gasteiger partial charge is 0.394 e. The van der Waals surface area contributed by atoms with E-state index in [-0.39, 0.29) is 49.0 Å². The van der Waals surface area contributed by atoms with Crippen molar-refractivity contribution in [2.45, 2.75) is 55.8 Å². The lowest BCUT2D eigenvalue weighted by molar-refractivity contribution is -0.0470. The van der Waals surface area contributed by atoms with E-state index in [1.165, 1.54) is 17.2 Å². The highest BCUT2D eigenvalue weighted by atomic mass is 32.7. The molecule has 0 amide bonds. The van der Waals surface area contributed by atoms with Crippen molar-refractivity contribution in [3.05, 3.63) is 35.3 Å². The van der Waals surface area contributed by atoms with Gasteiger partial charge in [-0.15, -0.1) is 0 Å². The molecule has 6 rings (SSSR count). The third-order valence-electron chi connectivity index (χ3n) is 7.36. The van der Waals surface area contributed by atoms with Crippen LogP contribution in [0, 0.1) is 0 Å². The SMILES string of the molecule is Nc1nc2c(ncn2[C@@H]2OC(CO)C[C@H]2OP(=O)(S)OCC[C@H]2O[C@@H](n3ccc4c(N)ncnc43)[C@H](O)[C@@H]2O[PH](=O)S)c(=O)[nH]1. The molecular formula is C22H29N9O10P2S2. The van der Waals surface area contributed by atoms with Gasteiger partial charge in [0.1, 0.15) is 36.1 Å². The monoisotopic (exact) mass is 705 g/mol. The maximum Gasteiger partial charge on any atom is 0.386 e. The first-order valence-corrected chi connectivity index (χ1v) is 18.7. The van der Waals surface area contributed by atoms with Gasteiger partial charge in [-0.25, -0.2) is 19.5 Å². The molecule has 2 aliphatic rings. The number of hydrogen-bond donors (Lipinski definition) is 7. The van der Waals surface area contributed by atoms with Crippen LogP contribution >= 0.6 is 38.5 Å². The second kappa shape index (κ2) is 12.9. The maximum atomic E-state index is 13.4. The second-order valence-electron chi connectivity index (χ2n) is 10.2. The Kier molecular flexibility index (Phi) is 9.30. The average Bonchev–Trinajstić information content (AvgIpc) is 3.74. The Morgan fingerprint density at radius 1 is 1.20 bits per heavy atom. The molecule has 23 heteroatoms. The van der Waals surface area contributed by atoms with Crippen LogP contribution in [0.1, 0.15) is 25.3 Å². The van der Waals surface area contributed by atoms with Crippen LogP contribution in [0.3, 0.4) is 0 Å². The molecule has 0 spiro atoms. The van der Waals surface area contributed by atoms with Crippen molar-refractivity contribution in [1.29, 1.82) is 0 Å². The Morgan fingerprint density at radius 2 is 2.00 bits per heavy atom. The number of imidazole rings is 1. The van der Waals surface area contributed by atoms with E-state index >= 15 is 0 Å². The van der Waals surface area contributed by atoms with Gasteiger partial charge in [-0.2, -0.15) is 4.98 Å². The van der Waals surface area contributed by atoms with Crippen LogP contribution < -0.4 is 17.0 Å². The number of aliphatic hydroxyl groups is 2. The molecule has 4 aromatic rings. The van der Waals surface area contributed by atoms with Crippen molar-refractivity contribution in [2.24, 2.45) is 0 Å². The predicted molar refractivity (Wildman–Crippen MR) is 165 cm³/mol. The van der Waals surface area contributed by atoms with Crippen molar-refractivity contribution in [3.63, 3.8) is 0 Å². The number of nitrogens with zero attached hydrogens (tertiary/aromatic N) is 6.